The van der Waals surface area contributed by atoms with Crippen molar-refractivity contribution in [1.82, 2.24) is 9.47 Å². The highest BCUT2D eigenvalue weighted by Gasteiger charge is 2.26. The minimum absolute atomic E-state index is 0.0531. The molecule has 21 heavy (non-hydrogen) atoms. The summed E-state index contributed by atoms with van der Waals surface area (Å²) < 4.78 is 2.54. The van der Waals surface area contributed by atoms with Gasteiger partial charge in [-0.1, -0.05) is 37.3 Å². The van der Waals surface area contributed by atoms with Gasteiger partial charge in [-0.3, -0.25) is 14.2 Å². The van der Waals surface area contributed by atoms with Crippen LogP contribution in [-0.2, 0) is 11.3 Å². The standard InChI is InChI=1S/C16H20N2O2S/c1-11-7-12(2)9-17(8-11)15(19)10-18-13-5-3-4-6-14(13)21-16(18)20/h3-6,11-12H,7-10H2,1-2H3/t11-,12-/m1/s1. The Morgan fingerprint density at radius 1 is 1.24 bits per heavy atom. The Morgan fingerprint density at radius 2 is 1.90 bits per heavy atom. The van der Waals surface area contributed by atoms with Gasteiger partial charge in [0.1, 0.15) is 6.54 Å². The lowest BCUT2D eigenvalue weighted by atomic mass is 9.92. The number of hydrogen-bond donors (Lipinski definition) is 0. The molecule has 1 aromatic carbocycles. The predicted octanol–water partition coefficient (Wildman–Crippen LogP) is 2.57. The van der Waals surface area contributed by atoms with Crippen molar-refractivity contribution in [1.29, 1.82) is 0 Å². The highest BCUT2D eigenvalue weighted by Crippen LogP contribution is 2.22. The summed E-state index contributed by atoms with van der Waals surface area (Å²) >= 11 is 1.21. The van der Waals surface area contributed by atoms with Crippen molar-refractivity contribution in [3.05, 3.63) is 33.9 Å². The number of aromatic nitrogens is 1. The van der Waals surface area contributed by atoms with Gasteiger partial charge in [-0.05, 0) is 30.4 Å². The van der Waals surface area contributed by atoms with Gasteiger partial charge in [-0.15, -0.1) is 0 Å². The summed E-state index contributed by atoms with van der Waals surface area (Å²) in [5.41, 5.74) is 0.860. The van der Waals surface area contributed by atoms with E-state index in [1.165, 1.54) is 17.8 Å². The summed E-state index contributed by atoms with van der Waals surface area (Å²) in [7, 11) is 0. The zero-order chi connectivity index (χ0) is 15.0. The maximum absolute atomic E-state index is 12.5. The highest BCUT2D eigenvalue weighted by molar-refractivity contribution is 7.16. The van der Waals surface area contributed by atoms with Gasteiger partial charge in [0.05, 0.1) is 10.2 Å². The Morgan fingerprint density at radius 3 is 2.62 bits per heavy atom. The first-order chi connectivity index (χ1) is 10.0. The van der Waals surface area contributed by atoms with Crippen molar-refractivity contribution in [3.8, 4) is 0 Å². The van der Waals surface area contributed by atoms with Crippen molar-refractivity contribution in [2.45, 2.75) is 26.8 Å². The predicted molar refractivity (Wildman–Crippen MR) is 85.6 cm³/mol. The molecule has 2 atom stereocenters. The number of para-hydroxylation sites is 1. The molecule has 0 radical (unpaired) electrons. The van der Waals surface area contributed by atoms with Crippen LogP contribution in [0.5, 0.6) is 0 Å². The zero-order valence-electron chi connectivity index (χ0n) is 12.4. The van der Waals surface area contributed by atoms with Crippen LogP contribution in [0.2, 0.25) is 0 Å². The molecule has 1 fully saturated rings. The van der Waals surface area contributed by atoms with E-state index in [1.807, 2.05) is 29.2 Å². The van der Waals surface area contributed by atoms with Gasteiger partial charge in [0.15, 0.2) is 0 Å². The molecule has 1 aliphatic heterocycles. The molecule has 3 rings (SSSR count). The number of benzene rings is 1. The summed E-state index contributed by atoms with van der Waals surface area (Å²) in [6.45, 7) is 6.13. The van der Waals surface area contributed by atoms with Crippen molar-refractivity contribution in [3.63, 3.8) is 0 Å². The molecular weight excluding hydrogens is 284 g/mol. The number of piperidine rings is 1. The van der Waals surface area contributed by atoms with Gasteiger partial charge in [0, 0.05) is 13.1 Å². The number of thiazole rings is 1. The topological polar surface area (TPSA) is 42.3 Å². The molecule has 0 aliphatic carbocycles. The third kappa shape index (κ3) is 2.88. The molecule has 2 aromatic rings. The zero-order valence-corrected chi connectivity index (χ0v) is 13.2. The molecule has 0 bridgehead atoms. The number of carbonyl (C=O) groups is 1. The van der Waals surface area contributed by atoms with Gasteiger partial charge >= 0.3 is 4.87 Å². The molecule has 0 unspecified atom stereocenters. The second-order valence-electron chi connectivity index (χ2n) is 6.17. The second-order valence-corrected chi connectivity index (χ2v) is 7.16. The number of carbonyl (C=O) groups excluding carboxylic acids is 1. The summed E-state index contributed by atoms with van der Waals surface area (Å²) in [5.74, 6) is 1.13. The number of likely N-dealkylation sites (tertiary alicyclic amines) is 1. The first-order valence-electron chi connectivity index (χ1n) is 7.40. The molecule has 1 saturated heterocycles. The quantitative estimate of drug-likeness (QED) is 0.856. The molecule has 1 aliphatic rings. The molecule has 112 valence electrons. The SMILES string of the molecule is C[C@@H]1C[C@@H](C)CN(C(=O)Cn2c(=O)sc3ccccc32)C1. The van der Waals surface area contributed by atoms with E-state index in [-0.39, 0.29) is 17.3 Å². The van der Waals surface area contributed by atoms with E-state index in [1.54, 1.807) is 4.57 Å². The van der Waals surface area contributed by atoms with Crippen molar-refractivity contribution < 1.29 is 4.79 Å². The van der Waals surface area contributed by atoms with E-state index in [0.717, 1.165) is 23.3 Å². The maximum Gasteiger partial charge on any atom is 0.308 e. The van der Waals surface area contributed by atoms with Crippen LogP contribution in [0.1, 0.15) is 20.3 Å². The van der Waals surface area contributed by atoms with Gasteiger partial charge in [-0.25, -0.2) is 0 Å². The lowest BCUT2D eigenvalue weighted by Crippen LogP contribution is -2.44. The molecule has 2 heterocycles. The van der Waals surface area contributed by atoms with E-state index in [0.29, 0.717) is 11.8 Å². The monoisotopic (exact) mass is 304 g/mol. The molecule has 1 amide bonds. The van der Waals surface area contributed by atoms with Crippen molar-refractivity contribution in [2.24, 2.45) is 11.8 Å². The lowest BCUT2D eigenvalue weighted by molar-refractivity contribution is -0.134. The van der Waals surface area contributed by atoms with Crippen LogP contribution < -0.4 is 4.87 Å². The van der Waals surface area contributed by atoms with Crippen LogP contribution in [0.4, 0.5) is 0 Å². The summed E-state index contributed by atoms with van der Waals surface area (Å²) in [6.07, 6.45) is 1.17. The molecule has 0 N–H and O–H groups in total. The number of hydrogen-bond acceptors (Lipinski definition) is 3. The van der Waals surface area contributed by atoms with E-state index >= 15 is 0 Å². The summed E-state index contributed by atoms with van der Waals surface area (Å²) in [6, 6.07) is 7.65. The van der Waals surface area contributed by atoms with E-state index in [4.69, 9.17) is 0 Å². The summed E-state index contributed by atoms with van der Waals surface area (Å²) in [5, 5.41) is 0. The number of rotatable bonds is 2. The van der Waals surface area contributed by atoms with Crippen LogP contribution in [0.3, 0.4) is 0 Å². The van der Waals surface area contributed by atoms with Gasteiger partial charge in [0.2, 0.25) is 5.91 Å². The summed E-state index contributed by atoms with van der Waals surface area (Å²) in [4.78, 5) is 26.5. The smallest absolute Gasteiger partial charge is 0.308 e. The van der Waals surface area contributed by atoms with Gasteiger partial charge in [0.25, 0.3) is 0 Å². The fourth-order valence-electron chi connectivity index (χ4n) is 3.27. The fourth-order valence-corrected chi connectivity index (χ4v) is 4.16. The molecule has 0 spiro atoms. The minimum Gasteiger partial charge on any atom is -0.341 e. The molecule has 0 saturated carbocycles. The number of nitrogens with zero attached hydrogens (tertiary/aromatic N) is 2. The van der Waals surface area contributed by atoms with Crippen LogP contribution in [0.25, 0.3) is 10.2 Å². The fraction of sp³-hybridized carbons (Fsp3) is 0.500. The molecular formula is C16H20N2O2S. The Bertz CT molecular complexity index is 708. The first kappa shape index (κ1) is 14.3. The number of fused-ring (bicyclic) bond motifs is 1. The third-order valence-electron chi connectivity index (χ3n) is 4.09. The molecule has 4 nitrogen and oxygen atoms in total. The van der Waals surface area contributed by atoms with Gasteiger partial charge < -0.3 is 4.90 Å². The van der Waals surface area contributed by atoms with Crippen molar-refractivity contribution in [2.75, 3.05) is 13.1 Å². The normalized spacial score (nSPS) is 22.7. The third-order valence-corrected chi connectivity index (χ3v) is 5.05. The van der Waals surface area contributed by atoms with E-state index in [9.17, 15) is 9.59 Å². The van der Waals surface area contributed by atoms with Crippen LogP contribution in [-0.4, -0.2) is 28.5 Å². The van der Waals surface area contributed by atoms with Gasteiger partial charge in [-0.2, -0.15) is 0 Å². The van der Waals surface area contributed by atoms with Crippen molar-refractivity contribution >= 4 is 27.5 Å². The van der Waals surface area contributed by atoms with E-state index in [2.05, 4.69) is 13.8 Å². The van der Waals surface area contributed by atoms with Crippen LogP contribution in [0.15, 0.2) is 29.1 Å². The maximum atomic E-state index is 12.5. The Kier molecular flexibility index (Phi) is 3.85. The Balaban J connectivity index is 1.83. The average Bonchev–Trinajstić information content (AvgIpc) is 2.74. The van der Waals surface area contributed by atoms with Crippen LogP contribution >= 0.6 is 11.3 Å². The first-order valence-corrected chi connectivity index (χ1v) is 8.22. The average molecular weight is 304 g/mol. The molecule has 1 aromatic heterocycles. The minimum atomic E-state index is -0.0531. The molecule has 5 heteroatoms. The highest BCUT2D eigenvalue weighted by atomic mass is 32.1. The van der Waals surface area contributed by atoms with Crippen LogP contribution in [0, 0.1) is 11.8 Å². The largest absolute Gasteiger partial charge is 0.341 e. The Hall–Kier alpha value is -1.62. The second kappa shape index (κ2) is 5.64. The van der Waals surface area contributed by atoms with E-state index < -0.39 is 0 Å². The number of amides is 1. The lowest BCUT2D eigenvalue weighted by Gasteiger charge is -2.35. The Labute approximate surface area is 128 Å².